The predicted octanol–water partition coefficient (Wildman–Crippen LogP) is 3.71. The Labute approximate surface area is 103 Å². The second-order valence-corrected chi connectivity index (χ2v) is 3.61. The fraction of sp³-hybridized carbons (Fsp3) is 0.182. The normalized spacial score (nSPS) is 12.7. The summed E-state index contributed by atoms with van der Waals surface area (Å²) in [6.45, 7) is 0. The molecule has 8 heteroatoms. The molecule has 19 heavy (non-hydrogen) atoms. The molecule has 0 amide bonds. The van der Waals surface area contributed by atoms with Crippen molar-refractivity contribution >= 4 is 0 Å². The lowest BCUT2D eigenvalue weighted by molar-refractivity contribution is -0.162. The van der Waals surface area contributed by atoms with Crippen molar-refractivity contribution in [3.05, 3.63) is 47.8 Å². The predicted molar refractivity (Wildman–Crippen MR) is 52.4 cm³/mol. The molecule has 0 aliphatic heterocycles. The molecule has 1 radical (unpaired) electrons. The summed E-state index contributed by atoms with van der Waals surface area (Å²) < 4.78 is 76.6. The van der Waals surface area contributed by atoms with Crippen LogP contribution in [0.5, 0.6) is 0 Å². The van der Waals surface area contributed by atoms with Gasteiger partial charge in [0.2, 0.25) is 0 Å². The molecule has 2 rings (SSSR count). The molecular formula is C11H5F6N2. The number of nitrogens with zero attached hydrogens (tertiary/aromatic N) is 2. The third kappa shape index (κ3) is 2.72. The zero-order chi connectivity index (χ0) is 14.3. The molecular weight excluding hydrogens is 274 g/mol. The zero-order valence-electron chi connectivity index (χ0n) is 9.05. The second kappa shape index (κ2) is 4.29. The summed E-state index contributed by atoms with van der Waals surface area (Å²) in [6.07, 6.45) is -7.77. The Morgan fingerprint density at radius 2 is 1.58 bits per heavy atom. The summed E-state index contributed by atoms with van der Waals surface area (Å²) in [7, 11) is 0. The fourth-order valence-corrected chi connectivity index (χ4v) is 1.53. The molecule has 1 aromatic carbocycles. The minimum atomic E-state index is -5.10. The van der Waals surface area contributed by atoms with Crippen LogP contribution in [0.2, 0.25) is 0 Å². The van der Waals surface area contributed by atoms with E-state index in [0.717, 1.165) is 10.7 Å². The second-order valence-electron chi connectivity index (χ2n) is 3.61. The zero-order valence-corrected chi connectivity index (χ0v) is 9.05. The quantitative estimate of drug-likeness (QED) is 0.728. The highest BCUT2D eigenvalue weighted by Gasteiger charge is 2.43. The van der Waals surface area contributed by atoms with E-state index in [4.69, 9.17) is 0 Å². The lowest BCUT2D eigenvalue weighted by Gasteiger charge is -2.16. The Morgan fingerprint density at radius 3 is 2.05 bits per heavy atom. The minimum Gasteiger partial charge on any atom is -0.240 e. The first-order valence-corrected chi connectivity index (χ1v) is 4.89. The van der Waals surface area contributed by atoms with Gasteiger partial charge in [-0.05, 0) is 18.2 Å². The van der Waals surface area contributed by atoms with Crippen molar-refractivity contribution in [3.8, 4) is 5.69 Å². The van der Waals surface area contributed by atoms with Crippen molar-refractivity contribution < 1.29 is 26.3 Å². The monoisotopic (exact) mass is 279 g/mol. The van der Waals surface area contributed by atoms with Crippen LogP contribution in [0.4, 0.5) is 26.3 Å². The van der Waals surface area contributed by atoms with E-state index in [2.05, 4.69) is 11.2 Å². The van der Waals surface area contributed by atoms with Gasteiger partial charge < -0.3 is 0 Å². The van der Waals surface area contributed by atoms with Gasteiger partial charge in [0.25, 0.3) is 0 Å². The molecule has 2 aromatic rings. The topological polar surface area (TPSA) is 17.8 Å². The van der Waals surface area contributed by atoms with Crippen molar-refractivity contribution in [1.29, 1.82) is 0 Å². The van der Waals surface area contributed by atoms with Gasteiger partial charge in [-0.15, -0.1) is 0 Å². The van der Waals surface area contributed by atoms with Gasteiger partial charge in [0.05, 0.1) is 23.0 Å². The highest BCUT2D eigenvalue weighted by Crippen LogP contribution is 2.40. The highest BCUT2D eigenvalue weighted by molar-refractivity contribution is 5.42. The first-order valence-electron chi connectivity index (χ1n) is 4.89. The molecule has 0 atom stereocenters. The Bertz CT molecular complexity index is 568. The van der Waals surface area contributed by atoms with Crippen LogP contribution in [0.25, 0.3) is 5.69 Å². The summed E-state index contributed by atoms with van der Waals surface area (Å²) in [5, 5.41) is 3.61. The molecule has 0 fully saturated rings. The van der Waals surface area contributed by atoms with Crippen LogP contribution in [0.3, 0.4) is 0 Å². The molecule has 1 heterocycles. The maximum atomic E-state index is 12.7. The van der Waals surface area contributed by atoms with Crippen LogP contribution in [-0.2, 0) is 12.4 Å². The van der Waals surface area contributed by atoms with Crippen LogP contribution in [0.1, 0.15) is 11.1 Å². The molecule has 0 unspecified atom stereocenters. The number of hydrogen-bond acceptors (Lipinski definition) is 1. The number of aromatic nitrogens is 2. The van der Waals surface area contributed by atoms with Crippen molar-refractivity contribution in [2.45, 2.75) is 12.4 Å². The average molecular weight is 279 g/mol. The van der Waals surface area contributed by atoms with Crippen LogP contribution in [0, 0.1) is 6.07 Å². The third-order valence-electron chi connectivity index (χ3n) is 2.33. The Morgan fingerprint density at radius 1 is 0.947 bits per heavy atom. The average Bonchev–Trinajstić information content (AvgIpc) is 2.79. The van der Waals surface area contributed by atoms with Crippen molar-refractivity contribution in [2.75, 3.05) is 0 Å². The van der Waals surface area contributed by atoms with Gasteiger partial charge in [0, 0.05) is 12.3 Å². The minimum absolute atomic E-state index is 0.124. The van der Waals surface area contributed by atoms with Crippen molar-refractivity contribution in [3.63, 3.8) is 0 Å². The molecule has 101 valence electrons. The van der Waals surface area contributed by atoms with E-state index in [-0.39, 0.29) is 5.69 Å². The maximum absolute atomic E-state index is 12.7. The third-order valence-corrected chi connectivity index (χ3v) is 2.33. The lowest BCUT2D eigenvalue weighted by Crippen LogP contribution is -2.17. The summed E-state index contributed by atoms with van der Waals surface area (Å²) in [4.78, 5) is 0. The van der Waals surface area contributed by atoms with Gasteiger partial charge in [0.1, 0.15) is 0 Å². The van der Waals surface area contributed by atoms with E-state index in [1.165, 1.54) is 12.4 Å². The molecule has 0 aliphatic rings. The van der Waals surface area contributed by atoms with Gasteiger partial charge in [-0.1, -0.05) is 0 Å². The van der Waals surface area contributed by atoms with E-state index in [9.17, 15) is 26.3 Å². The summed E-state index contributed by atoms with van der Waals surface area (Å²) >= 11 is 0. The molecule has 2 nitrogen and oxygen atoms in total. The maximum Gasteiger partial charge on any atom is 0.417 e. The molecule has 0 aliphatic carbocycles. The first kappa shape index (κ1) is 13.4. The van der Waals surface area contributed by atoms with Crippen LogP contribution in [0.15, 0.2) is 30.6 Å². The van der Waals surface area contributed by atoms with Gasteiger partial charge >= 0.3 is 12.4 Å². The summed E-state index contributed by atoms with van der Waals surface area (Å²) in [5.41, 5.74) is -3.59. The number of rotatable bonds is 1. The molecule has 1 aromatic heterocycles. The van der Waals surface area contributed by atoms with Gasteiger partial charge in [-0.3, -0.25) is 0 Å². The van der Waals surface area contributed by atoms with E-state index in [0.29, 0.717) is 12.1 Å². The van der Waals surface area contributed by atoms with E-state index in [1.54, 1.807) is 0 Å². The van der Waals surface area contributed by atoms with E-state index >= 15 is 0 Å². The van der Waals surface area contributed by atoms with Crippen LogP contribution >= 0.6 is 0 Å². The van der Waals surface area contributed by atoms with Gasteiger partial charge in [-0.25, -0.2) is 4.68 Å². The highest BCUT2D eigenvalue weighted by atomic mass is 19.4. The van der Waals surface area contributed by atoms with Gasteiger partial charge in [0.15, 0.2) is 0 Å². The largest absolute Gasteiger partial charge is 0.417 e. The van der Waals surface area contributed by atoms with E-state index < -0.39 is 23.5 Å². The van der Waals surface area contributed by atoms with Crippen molar-refractivity contribution in [2.24, 2.45) is 0 Å². The SMILES string of the molecule is FC(F)(F)c1ccc(-n2c[c]cn2)cc1C(F)(F)F. The number of benzene rings is 1. The smallest absolute Gasteiger partial charge is 0.240 e. The molecule has 0 bridgehead atoms. The molecule has 0 N–H and O–H groups in total. The summed E-state index contributed by atoms with van der Waals surface area (Å²) in [6, 6.07) is 4.19. The number of hydrogen-bond donors (Lipinski definition) is 0. The summed E-state index contributed by atoms with van der Waals surface area (Å²) in [5.74, 6) is 0. The van der Waals surface area contributed by atoms with Crippen molar-refractivity contribution in [1.82, 2.24) is 9.78 Å². The first-order chi connectivity index (χ1) is 8.69. The molecule has 0 spiro atoms. The molecule has 0 saturated heterocycles. The van der Waals surface area contributed by atoms with Gasteiger partial charge in [-0.2, -0.15) is 31.4 Å². The fourth-order valence-electron chi connectivity index (χ4n) is 1.53. The van der Waals surface area contributed by atoms with Crippen LogP contribution in [-0.4, -0.2) is 9.78 Å². The number of alkyl halides is 6. The molecule has 0 saturated carbocycles. The number of halogens is 6. The Kier molecular flexibility index (Phi) is 3.03. The Balaban J connectivity index is 2.61. The van der Waals surface area contributed by atoms with Crippen LogP contribution < -0.4 is 0 Å². The standard InChI is InChI=1S/C11H5F6N2/c12-10(13,14)8-3-2-7(19-5-1-4-18-19)6-9(8)11(15,16)17/h2-6H. The lowest BCUT2D eigenvalue weighted by atomic mass is 10.1. The Hall–Kier alpha value is -1.99. The van der Waals surface area contributed by atoms with E-state index in [1.807, 2.05) is 0 Å².